The van der Waals surface area contributed by atoms with Crippen molar-refractivity contribution >= 4 is 28.6 Å². The van der Waals surface area contributed by atoms with Crippen LogP contribution in [0.2, 0.25) is 0 Å². The molecule has 8 heteroatoms. The summed E-state index contributed by atoms with van der Waals surface area (Å²) in [6, 6.07) is 10.5. The Morgan fingerprint density at radius 3 is 2.70 bits per heavy atom. The van der Waals surface area contributed by atoms with E-state index in [0.717, 1.165) is 11.1 Å². The zero-order chi connectivity index (χ0) is 19.1. The van der Waals surface area contributed by atoms with Crippen molar-refractivity contribution < 1.29 is 14.1 Å². The van der Waals surface area contributed by atoms with Gasteiger partial charge in [0.15, 0.2) is 0 Å². The maximum atomic E-state index is 13.1. The fourth-order valence-corrected chi connectivity index (χ4v) is 4.15. The highest BCUT2D eigenvalue weighted by molar-refractivity contribution is 7.17. The Morgan fingerprint density at radius 1 is 1.26 bits per heavy atom. The van der Waals surface area contributed by atoms with E-state index in [1.54, 1.807) is 30.0 Å². The van der Waals surface area contributed by atoms with Crippen LogP contribution >= 0.6 is 11.3 Å². The van der Waals surface area contributed by atoms with E-state index in [4.69, 9.17) is 0 Å². The SMILES string of the molecule is Cc1nc(-c2ccc(F)cc2)sc1C(=O)N1CCc2ccc([N+](=O)[O-])cc21. The van der Waals surface area contributed by atoms with Crippen molar-refractivity contribution in [1.82, 2.24) is 4.98 Å². The van der Waals surface area contributed by atoms with Crippen molar-refractivity contribution in [2.45, 2.75) is 13.3 Å². The second kappa shape index (κ2) is 6.55. The first-order chi connectivity index (χ1) is 12.9. The molecule has 4 rings (SSSR count). The highest BCUT2D eigenvalue weighted by Gasteiger charge is 2.30. The zero-order valence-corrected chi connectivity index (χ0v) is 15.1. The number of thiazole rings is 1. The first-order valence-corrected chi connectivity index (χ1v) is 9.08. The van der Waals surface area contributed by atoms with Crippen molar-refractivity contribution in [3.63, 3.8) is 0 Å². The number of halogens is 1. The molecule has 3 aromatic rings. The predicted molar refractivity (Wildman–Crippen MR) is 101 cm³/mol. The number of hydrogen-bond acceptors (Lipinski definition) is 5. The van der Waals surface area contributed by atoms with Gasteiger partial charge in [-0.15, -0.1) is 11.3 Å². The number of carbonyl (C=O) groups is 1. The van der Waals surface area contributed by atoms with Crippen LogP contribution < -0.4 is 4.90 Å². The summed E-state index contributed by atoms with van der Waals surface area (Å²) >= 11 is 1.24. The van der Waals surface area contributed by atoms with Gasteiger partial charge in [0, 0.05) is 24.2 Å². The maximum Gasteiger partial charge on any atom is 0.271 e. The lowest BCUT2D eigenvalue weighted by Gasteiger charge is -2.16. The molecule has 0 saturated heterocycles. The Balaban J connectivity index is 1.68. The first kappa shape index (κ1) is 17.3. The van der Waals surface area contributed by atoms with E-state index in [-0.39, 0.29) is 17.4 Å². The number of fused-ring (bicyclic) bond motifs is 1. The molecule has 0 radical (unpaired) electrons. The number of hydrogen-bond donors (Lipinski definition) is 0. The molecule has 1 aliphatic heterocycles. The molecule has 0 bridgehead atoms. The van der Waals surface area contributed by atoms with Gasteiger partial charge in [0.2, 0.25) is 0 Å². The third kappa shape index (κ3) is 3.08. The first-order valence-electron chi connectivity index (χ1n) is 8.26. The smallest absolute Gasteiger partial charge is 0.271 e. The Hall–Kier alpha value is -3.13. The van der Waals surface area contributed by atoms with Crippen LogP contribution in [0.1, 0.15) is 20.9 Å². The fraction of sp³-hybridized carbons (Fsp3) is 0.158. The molecule has 1 aromatic heterocycles. The molecule has 1 aliphatic rings. The van der Waals surface area contributed by atoms with Gasteiger partial charge in [0.1, 0.15) is 15.7 Å². The van der Waals surface area contributed by atoms with Crippen molar-refractivity contribution in [1.29, 1.82) is 0 Å². The van der Waals surface area contributed by atoms with E-state index < -0.39 is 4.92 Å². The Labute approximate surface area is 158 Å². The standard InChI is InChI=1S/C19H14FN3O3S/c1-11-17(27-18(21-11)13-2-5-14(20)6-3-13)19(24)22-9-8-12-4-7-15(23(25)26)10-16(12)22/h2-7,10H,8-9H2,1H3. The molecule has 6 nitrogen and oxygen atoms in total. The fourth-order valence-electron chi connectivity index (χ4n) is 3.13. The summed E-state index contributed by atoms with van der Waals surface area (Å²) < 4.78 is 13.1. The topological polar surface area (TPSA) is 76.3 Å². The van der Waals surface area contributed by atoms with Gasteiger partial charge in [-0.25, -0.2) is 9.37 Å². The number of aromatic nitrogens is 1. The van der Waals surface area contributed by atoms with Crippen molar-refractivity contribution in [3.05, 3.63) is 74.5 Å². The average molecular weight is 383 g/mol. The maximum absolute atomic E-state index is 13.1. The van der Waals surface area contributed by atoms with Gasteiger partial charge < -0.3 is 4.90 Å². The molecule has 0 N–H and O–H groups in total. The number of aryl methyl sites for hydroxylation is 1. The molecular weight excluding hydrogens is 369 g/mol. The number of rotatable bonds is 3. The Bertz CT molecular complexity index is 1060. The van der Waals surface area contributed by atoms with Crippen molar-refractivity contribution in [2.75, 3.05) is 11.4 Å². The highest BCUT2D eigenvalue weighted by Crippen LogP contribution is 2.35. The van der Waals surface area contributed by atoms with Crippen LogP contribution in [0.25, 0.3) is 10.6 Å². The second-order valence-corrected chi connectivity index (χ2v) is 7.22. The Morgan fingerprint density at radius 2 is 2.00 bits per heavy atom. The van der Waals surface area contributed by atoms with Crippen LogP contribution in [-0.4, -0.2) is 22.4 Å². The minimum absolute atomic E-state index is 0.0403. The molecule has 0 fully saturated rings. The van der Waals surface area contributed by atoms with Crippen molar-refractivity contribution in [3.8, 4) is 10.6 Å². The predicted octanol–water partition coefficient (Wildman–Crippen LogP) is 4.37. The Kier molecular flexibility index (Phi) is 4.19. The summed E-state index contributed by atoms with van der Waals surface area (Å²) in [5, 5.41) is 11.7. The van der Waals surface area contributed by atoms with Gasteiger partial charge in [0.05, 0.1) is 16.3 Å². The summed E-state index contributed by atoms with van der Waals surface area (Å²) in [6.07, 6.45) is 0.655. The lowest BCUT2D eigenvalue weighted by atomic mass is 10.1. The average Bonchev–Trinajstić information content (AvgIpc) is 3.25. The third-order valence-corrected chi connectivity index (χ3v) is 5.70. The lowest BCUT2D eigenvalue weighted by molar-refractivity contribution is -0.384. The number of nitrogens with zero attached hydrogens (tertiary/aromatic N) is 3. The summed E-state index contributed by atoms with van der Waals surface area (Å²) in [5.41, 5.74) is 2.77. The minimum atomic E-state index is -0.466. The van der Waals surface area contributed by atoms with Crippen LogP contribution in [0.3, 0.4) is 0 Å². The van der Waals surface area contributed by atoms with E-state index in [2.05, 4.69) is 4.98 Å². The highest BCUT2D eigenvalue weighted by atomic mass is 32.1. The molecule has 0 aliphatic carbocycles. The summed E-state index contributed by atoms with van der Waals surface area (Å²) in [7, 11) is 0. The molecular formula is C19H14FN3O3S. The third-order valence-electron chi connectivity index (χ3n) is 4.50. The largest absolute Gasteiger partial charge is 0.307 e. The molecule has 0 atom stereocenters. The van der Waals surface area contributed by atoms with Gasteiger partial charge in [-0.1, -0.05) is 6.07 Å². The monoisotopic (exact) mass is 383 g/mol. The van der Waals surface area contributed by atoms with Gasteiger partial charge >= 0.3 is 0 Å². The number of non-ortho nitro benzene ring substituents is 1. The minimum Gasteiger partial charge on any atom is -0.307 e. The van der Waals surface area contributed by atoms with E-state index in [1.165, 1.54) is 35.6 Å². The molecule has 2 aromatic carbocycles. The van der Waals surface area contributed by atoms with Gasteiger partial charge in [-0.3, -0.25) is 14.9 Å². The van der Waals surface area contributed by atoms with Crippen LogP contribution in [0.4, 0.5) is 15.8 Å². The van der Waals surface area contributed by atoms with E-state index in [0.29, 0.717) is 34.2 Å². The van der Waals surface area contributed by atoms with E-state index >= 15 is 0 Å². The lowest BCUT2D eigenvalue weighted by Crippen LogP contribution is -2.28. The van der Waals surface area contributed by atoms with Gasteiger partial charge in [-0.05, 0) is 43.2 Å². The molecule has 0 saturated carbocycles. The zero-order valence-electron chi connectivity index (χ0n) is 14.3. The number of benzene rings is 2. The summed E-state index contributed by atoms with van der Waals surface area (Å²) in [4.78, 5) is 30.2. The second-order valence-electron chi connectivity index (χ2n) is 6.22. The van der Waals surface area contributed by atoms with Gasteiger partial charge in [-0.2, -0.15) is 0 Å². The number of amides is 1. The number of nitro benzene ring substituents is 1. The molecule has 1 amide bonds. The van der Waals surface area contributed by atoms with Crippen molar-refractivity contribution in [2.24, 2.45) is 0 Å². The number of anilines is 1. The molecule has 0 unspecified atom stereocenters. The molecule has 2 heterocycles. The molecule has 136 valence electrons. The molecule has 0 spiro atoms. The summed E-state index contributed by atoms with van der Waals surface area (Å²) in [5.74, 6) is -0.559. The van der Waals surface area contributed by atoms with E-state index in [9.17, 15) is 19.3 Å². The summed E-state index contributed by atoms with van der Waals surface area (Å²) in [6.45, 7) is 2.22. The molecule has 27 heavy (non-hydrogen) atoms. The van der Waals surface area contributed by atoms with Crippen LogP contribution in [0.5, 0.6) is 0 Å². The van der Waals surface area contributed by atoms with Crippen LogP contribution in [0.15, 0.2) is 42.5 Å². The normalized spacial score (nSPS) is 12.9. The van der Waals surface area contributed by atoms with Crippen LogP contribution in [-0.2, 0) is 6.42 Å². The number of carbonyl (C=O) groups excluding carboxylic acids is 1. The number of nitro groups is 1. The van der Waals surface area contributed by atoms with E-state index in [1.807, 2.05) is 0 Å². The van der Waals surface area contributed by atoms with Gasteiger partial charge in [0.25, 0.3) is 11.6 Å². The quantitative estimate of drug-likeness (QED) is 0.497. The van der Waals surface area contributed by atoms with Crippen LogP contribution in [0, 0.1) is 22.9 Å².